The van der Waals surface area contributed by atoms with Crippen LogP contribution in [0.5, 0.6) is 0 Å². The fourth-order valence-corrected chi connectivity index (χ4v) is 4.36. The Labute approximate surface area is 289 Å². The molecular formula is C31H47N9O10. The normalized spacial score (nSPS) is 15.2. The molecule has 0 fully saturated rings. The molecule has 19 heteroatoms. The van der Waals surface area contributed by atoms with Crippen LogP contribution in [0.15, 0.2) is 35.4 Å². The lowest BCUT2D eigenvalue weighted by Crippen LogP contribution is -2.62. The van der Waals surface area contributed by atoms with Crippen molar-refractivity contribution >= 4 is 41.5 Å². The average molecular weight is 706 g/mol. The Balaban J connectivity index is 3.34. The summed E-state index contributed by atoms with van der Waals surface area (Å²) in [6.07, 6.45) is -2.87. The number of primary amides is 1. The molecule has 0 aliphatic carbocycles. The molecule has 0 bridgehead atoms. The second-order valence-corrected chi connectivity index (χ2v) is 12.5. The Morgan fingerprint density at radius 2 is 1.40 bits per heavy atom. The van der Waals surface area contributed by atoms with Gasteiger partial charge in [0.15, 0.2) is 0 Å². The van der Waals surface area contributed by atoms with Gasteiger partial charge in [-0.05, 0) is 49.8 Å². The molecule has 0 saturated heterocycles. The van der Waals surface area contributed by atoms with Crippen LogP contribution in [-0.4, -0.2) is 100 Å². The van der Waals surface area contributed by atoms with Crippen LogP contribution in [0, 0.1) is 5.92 Å². The van der Waals surface area contributed by atoms with E-state index >= 15 is 0 Å². The number of alkyl carbamates (subject to hydrolysis) is 1. The molecule has 1 aromatic carbocycles. The fourth-order valence-electron chi connectivity index (χ4n) is 4.36. The van der Waals surface area contributed by atoms with E-state index in [4.69, 9.17) is 16.0 Å². The molecule has 19 nitrogen and oxygen atoms in total. The fraction of sp³-hybridized carbons (Fsp3) is 0.581. The Hall–Kier alpha value is -5.26. The lowest BCUT2D eigenvalue weighted by Gasteiger charge is -2.29. The molecule has 7 amide bonds. The minimum absolute atomic E-state index is 0.0827. The molecule has 0 aliphatic heterocycles. The number of carbonyl (C=O) groups excluding carboxylic acids is 7. The predicted molar refractivity (Wildman–Crippen MR) is 177 cm³/mol. The van der Waals surface area contributed by atoms with E-state index in [9.17, 15) is 43.8 Å². The minimum Gasteiger partial charge on any atom is -0.444 e. The van der Waals surface area contributed by atoms with Crippen molar-refractivity contribution in [1.29, 1.82) is 0 Å². The second-order valence-electron chi connectivity index (χ2n) is 12.5. The van der Waals surface area contributed by atoms with Crippen LogP contribution in [0.1, 0.15) is 59.9 Å². The van der Waals surface area contributed by atoms with Gasteiger partial charge in [-0.2, -0.15) is 0 Å². The quantitative estimate of drug-likeness (QED) is 0.0534. The van der Waals surface area contributed by atoms with Crippen molar-refractivity contribution < 1.29 is 48.5 Å². The van der Waals surface area contributed by atoms with E-state index in [0.717, 1.165) is 6.92 Å². The number of nitrogens with zero attached hydrogens (tertiary/aromatic N) is 3. The third kappa shape index (κ3) is 14.9. The zero-order valence-electron chi connectivity index (χ0n) is 28.8. The molecule has 0 radical (unpaired) electrons. The molecule has 0 heterocycles. The van der Waals surface area contributed by atoms with Crippen molar-refractivity contribution in [2.24, 2.45) is 16.8 Å². The Morgan fingerprint density at radius 3 is 1.90 bits per heavy atom. The van der Waals surface area contributed by atoms with Gasteiger partial charge in [0.05, 0.1) is 19.1 Å². The van der Waals surface area contributed by atoms with Crippen LogP contribution >= 0.6 is 0 Å². The summed E-state index contributed by atoms with van der Waals surface area (Å²) in [7, 11) is 0. The highest BCUT2D eigenvalue weighted by molar-refractivity contribution is 5.98. The van der Waals surface area contributed by atoms with Gasteiger partial charge in [-0.25, -0.2) is 4.79 Å². The van der Waals surface area contributed by atoms with E-state index in [2.05, 4.69) is 31.3 Å². The van der Waals surface area contributed by atoms with E-state index in [1.54, 1.807) is 65.0 Å². The number of nitrogens with one attached hydrogen (secondary N) is 5. The second kappa shape index (κ2) is 20.3. The maximum atomic E-state index is 13.7. The first-order chi connectivity index (χ1) is 23.3. The number of benzene rings is 1. The Morgan fingerprint density at radius 1 is 0.860 bits per heavy atom. The number of hydrogen-bond acceptors (Lipinski definition) is 10. The summed E-state index contributed by atoms with van der Waals surface area (Å²) in [5.74, 6) is -6.73. The van der Waals surface area contributed by atoms with Gasteiger partial charge in [-0.3, -0.25) is 28.8 Å². The van der Waals surface area contributed by atoms with Crippen LogP contribution in [0.4, 0.5) is 4.79 Å². The summed E-state index contributed by atoms with van der Waals surface area (Å²) in [5.41, 5.74) is 13.5. The zero-order valence-corrected chi connectivity index (χ0v) is 28.8. The average Bonchev–Trinajstić information content (AvgIpc) is 3.02. The lowest BCUT2D eigenvalue weighted by atomic mass is 9.97. The Bertz CT molecular complexity index is 1410. The topological polar surface area (TPSA) is 304 Å². The number of azide groups is 1. The van der Waals surface area contributed by atoms with Crippen LogP contribution in [0.3, 0.4) is 0 Å². The summed E-state index contributed by atoms with van der Waals surface area (Å²) < 4.78 is 5.30. The minimum atomic E-state index is -1.76. The maximum absolute atomic E-state index is 13.7. The van der Waals surface area contributed by atoms with Gasteiger partial charge in [0.1, 0.15) is 35.8 Å². The molecule has 9 N–H and O–H groups in total. The number of nitrogens with two attached hydrogens (primary N) is 1. The summed E-state index contributed by atoms with van der Waals surface area (Å²) in [6.45, 7) is 8.64. The van der Waals surface area contributed by atoms with Crippen molar-refractivity contribution in [3.63, 3.8) is 0 Å². The number of aliphatic hydroxyl groups excluding tert-OH is 2. The van der Waals surface area contributed by atoms with Gasteiger partial charge in [0.25, 0.3) is 0 Å². The molecule has 0 aromatic heterocycles. The van der Waals surface area contributed by atoms with E-state index < -0.39 is 102 Å². The highest BCUT2D eigenvalue weighted by Crippen LogP contribution is 2.13. The van der Waals surface area contributed by atoms with Crippen molar-refractivity contribution in [2.45, 2.75) is 103 Å². The molecule has 0 saturated carbocycles. The molecule has 0 unspecified atom stereocenters. The number of ether oxygens (including phenoxy) is 1. The van der Waals surface area contributed by atoms with Gasteiger partial charge < -0.3 is 47.3 Å². The van der Waals surface area contributed by atoms with Crippen molar-refractivity contribution in [2.75, 3.05) is 6.61 Å². The number of amides is 7. The predicted octanol–water partition coefficient (Wildman–Crippen LogP) is -0.807. The van der Waals surface area contributed by atoms with E-state index in [1.807, 2.05) is 5.32 Å². The van der Waals surface area contributed by atoms with E-state index in [0.29, 0.717) is 12.0 Å². The van der Waals surface area contributed by atoms with E-state index in [-0.39, 0.29) is 6.42 Å². The Kier molecular flexibility index (Phi) is 17.4. The third-order valence-electron chi connectivity index (χ3n) is 7.12. The number of aliphatic hydroxyl groups is 2. The first kappa shape index (κ1) is 42.8. The third-order valence-corrected chi connectivity index (χ3v) is 7.12. The number of hydrogen-bond donors (Lipinski definition) is 8. The first-order valence-corrected chi connectivity index (χ1v) is 15.7. The van der Waals surface area contributed by atoms with Crippen LogP contribution < -0.4 is 32.3 Å². The molecule has 1 aromatic rings. The first-order valence-electron chi connectivity index (χ1n) is 15.7. The largest absolute Gasteiger partial charge is 0.444 e. The van der Waals surface area contributed by atoms with Gasteiger partial charge in [0, 0.05) is 11.3 Å². The summed E-state index contributed by atoms with van der Waals surface area (Å²) in [4.78, 5) is 91.9. The molecule has 0 aliphatic rings. The van der Waals surface area contributed by atoms with Gasteiger partial charge in [-0.1, -0.05) is 50.6 Å². The zero-order chi connectivity index (χ0) is 38.2. The highest BCUT2D eigenvalue weighted by Gasteiger charge is 2.36. The van der Waals surface area contributed by atoms with Crippen molar-refractivity contribution in [3.8, 4) is 0 Å². The standard InChI is InChI=1S/C31H47N9O10/c1-7-16(2)23(38-30(49)50-31(4,5)6)28(47)34-19(13-18-11-9-8-10-12-18)26(45)37-24(17(3)42)29(48)35-20(14-22(32)43)25(44)36-21(15-41)27(46)39-40-33/h8-12,16-17,19-21,23-24,41-42H,7,13-15H2,1-6H3,(H2,32,43)(H,34,47)(H,35,48)(H,36,44)(H,37,45)(H,38,49)/t16-,17+,19-,20-,21-,23-,24-/m0/s1. The molecule has 1 rings (SSSR count). The summed E-state index contributed by atoms with van der Waals surface area (Å²) in [6, 6.07) is 0.806. The van der Waals surface area contributed by atoms with E-state index in [1.165, 1.54) is 0 Å². The monoisotopic (exact) mass is 705 g/mol. The van der Waals surface area contributed by atoms with Gasteiger partial charge in [-0.15, -0.1) is 0 Å². The summed E-state index contributed by atoms with van der Waals surface area (Å²) in [5, 5.41) is 34.4. The smallest absolute Gasteiger partial charge is 0.408 e. The lowest BCUT2D eigenvalue weighted by molar-refractivity contribution is -0.137. The maximum Gasteiger partial charge on any atom is 0.408 e. The van der Waals surface area contributed by atoms with Crippen LogP contribution in [-0.2, 0) is 39.9 Å². The SMILES string of the molecule is CC[C@H](C)[C@H](NC(=O)OC(C)(C)C)C(=O)N[C@@H](Cc1ccccc1)C(=O)N[C@H](C(=O)N[C@@H](CC(N)=O)C(=O)N[C@@H](CO)C(=O)N=[N+]=[N-])[C@@H](C)O. The molecule has 276 valence electrons. The van der Waals surface area contributed by atoms with Crippen LogP contribution in [0.25, 0.3) is 10.4 Å². The van der Waals surface area contributed by atoms with Crippen molar-refractivity contribution in [3.05, 3.63) is 46.3 Å². The summed E-state index contributed by atoms with van der Waals surface area (Å²) >= 11 is 0. The van der Waals surface area contributed by atoms with Gasteiger partial charge >= 0.3 is 6.09 Å². The van der Waals surface area contributed by atoms with Crippen LogP contribution in [0.2, 0.25) is 0 Å². The number of carbonyl (C=O) groups is 7. The molecule has 7 atom stereocenters. The van der Waals surface area contributed by atoms with Crippen molar-refractivity contribution in [1.82, 2.24) is 26.6 Å². The number of rotatable bonds is 18. The molecule has 0 spiro atoms. The molecule has 50 heavy (non-hydrogen) atoms. The highest BCUT2D eigenvalue weighted by atomic mass is 16.6. The molecular weight excluding hydrogens is 658 g/mol. The van der Waals surface area contributed by atoms with Gasteiger partial charge in [0.2, 0.25) is 35.4 Å².